The van der Waals surface area contributed by atoms with E-state index in [0.717, 1.165) is 36.4 Å². The van der Waals surface area contributed by atoms with Gasteiger partial charge in [-0.3, -0.25) is 5.10 Å². The molecule has 0 saturated carbocycles. The van der Waals surface area contributed by atoms with E-state index in [-0.39, 0.29) is 5.82 Å². The van der Waals surface area contributed by atoms with Crippen LogP contribution in [0.25, 0.3) is 11.3 Å². The number of aryl methyl sites for hydroxylation is 2. The van der Waals surface area contributed by atoms with E-state index >= 15 is 0 Å². The van der Waals surface area contributed by atoms with Gasteiger partial charge in [-0.2, -0.15) is 5.10 Å². The van der Waals surface area contributed by atoms with Crippen LogP contribution in [0, 0.1) is 12.7 Å². The van der Waals surface area contributed by atoms with Gasteiger partial charge in [0.25, 0.3) is 0 Å². The fourth-order valence-corrected chi connectivity index (χ4v) is 1.85. The number of hydrogen-bond donors (Lipinski definition) is 1. The summed E-state index contributed by atoms with van der Waals surface area (Å²) in [4.78, 5) is 0. The minimum absolute atomic E-state index is 0.186. The third-order valence-corrected chi connectivity index (χ3v) is 2.88. The van der Waals surface area contributed by atoms with E-state index in [4.69, 9.17) is 4.74 Å². The molecule has 2 rings (SSSR count). The number of rotatable bonds is 5. The van der Waals surface area contributed by atoms with Crippen molar-refractivity contribution in [2.24, 2.45) is 0 Å². The van der Waals surface area contributed by atoms with E-state index in [1.54, 1.807) is 20.1 Å². The van der Waals surface area contributed by atoms with Crippen molar-refractivity contribution in [1.82, 2.24) is 10.2 Å². The monoisotopic (exact) mass is 248 g/mol. The molecular formula is C14H17FN2O. The van der Waals surface area contributed by atoms with Gasteiger partial charge in [0.15, 0.2) is 0 Å². The Balaban J connectivity index is 2.11. The Morgan fingerprint density at radius 1 is 1.33 bits per heavy atom. The second-order valence-corrected chi connectivity index (χ2v) is 4.34. The molecule has 0 aliphatic heterocycles. The molecule has 1 aromatic carbocycles. The summed E-state index contributed by atoms with van der Waals surface area (Å²) in [5, 5.41) is 7.25. The highest BCUT2D eigenvalue weighted by Crippen LogP contribution is 2.20. The molecule has 0 amide bonds. The van der Waals surface area contributed by atoms with E-state index < -0.39 is 0 Å². The number of hydrogen-bond acceptors (Lipinski definition) is 2. The predicted molar refractivity (Wildman–Crippen MR) is 68.9 cm³/mol. The first-order valence-electron chi connectivity index (χ1n) is 6.00. The van der Waals surface area contributed by atoms with Gasteiger partial charge in [-0.1, -0.05) is 0 Å². The Hall–Kier alpha value is -1.68. The average molecular weight is 248 g/mol. The lowest BCUT2D eigenvalue weighted by molar-refractivity contribution is 0.195. The third-order valence-electron chi connectivity index (χ3n) is 2.88. The number of halogens is 1. The van der Waals surface area contributed by atoms with Crippen LogP contribution >= 0.6 is 0 Å². The van der Waals surface area contributed by atoms with Crippen molar-refractivity contribution < 1.29 is 9.13 Å². The highest BCUT2D eigenvalue weighted by atomic mass is 19.1. The zero-order chi connectivity index (χ0) is 13.0. The summed E-state index contributed by atoms with van der Waals surface area (Å²) in [6.07, 6.45) is 1.86. The zero-order valence-corrected chi connectivity index (χ0v) is 10.7. The van der Waals surface area contributed by atoms with Crippen LogP contribution in [0.3, 0.4) is 0 Å². The van der Waals surface area contributed by atoms with Gasteiger partial charge in [-0.05, 0) is 49.6 Å². The van der Waals surface area contributed by atoms with E-state index in [0.29, 0.717) is 5.56 Å². The van der Waals surface area contributed by atoms with Crippen molar-refractivity contribution >= 4 is 0 Å². The number of methoxy groups -OCH3 is 1. The molecule has 1 N–H and O–H groups in total. The average Bonchev–Trinajstić information content (AvgIpc) is 2.82. The van der Waals surface area contributed by atoms with Crippen molar-refractivity contribution in [1.29, 1.82) is 0 Å². The quantitative estimate of drug-likeness (QED) is 0.826. The molecule has 0 aliphatic carbocycles. The summed E-state index contributed by atoms with van der Waals surface area (Å²) in [7, 11) is 1.69. The molecule has 0 saturated heterocycles. The van der Waals surface area contributed by atoms with Crippen LogP contribution in [-0.2, 0) is 11.2 Å². The fraction of sp³-hybridized carbons (Fsp3) is 0.357. The molecular weight excluding hydrogens is 231 g/mol. The van der Waals surface area contributed by atoms with Crippen LogP contribution in [0.2, 0.25) is 0 Å². The Bertz CT molecular complexity index is 522. The summed E-state index contributed by atoms with van der Waals surface area (Å²) in [6.45, 7) is 2.50. The lowest BCUT2D eigenvalue weighted by Gasteiger charge is -1.99. The van der Waals surface area contributed by atoms with Crippen molar-refractivity contribution in [3.05, 3.63) is 41.3 Å². The molecule has 2 aromatic rings. The molecule has 1 aromatic heterocycles. The Morgan fingerprint density at radius 3 is 2.89 bits per heavy atom. The van der Waals surface area contributed by atoms with Crippen LogP contribution in [0.4, 0.5) is 4.39 Å². The maximum Gasteiger partial charge on any atom is 0.126 e. The van der Waals surface area contributed by atoms with Crippen LogP contribution < -0.4 is 0 Å². The molecule has 96 valence electrons. The summed E-state index contributed by atoms with van der Waals surface area (Å²) in [5.41, 5.74) is 3.49. The van der Waals surface area contributed by atoms with Gasteiger partial charge in [0.2, 0.25) is 0 Å². The number of benzene rings is 1. The first kappa shape index (κ1) is 12.8. The standard InChI is InChI=1S/C14H17FN2O/c1-10-8-11(5-6-13(10)15)14-9-12(16-17-14)4-3-7-18-2/h5-6,8-9H,3-4,7H2,1-2H3,(H,16,17). The maximum atomic E-state index is 13.2. The van der Waals surface area contributed by atoms with Gasteiger partial charge < -0.3 is 4.74 Å². The normalized spacial score (nSPS) is 10.8. The Kier molecular flexibility index (Phi) is 4.10. The van der Waals surface area contributed by atoms with Crippen LogP contribution in [-0.4, -0.2) is 23.9 Å². The van der Waals surface area contributed by atoms with Crippen molar-refractivity contribution in [3.8, 4) is 11.3 Å². The maximum absolute atomic E-state index is 13.2. The van der Waals surface area contributed by atoms with Gasteiger partial charge in [0.1, 0.15) is 5.82 Å². The first-order valence-corrected chi connectivity index (χ1v) is 6.00. The van der Waals surface area contributed by atoms with Crippen molar-refractivity contribution in [2.45, 2.75) is 19.8 Å². The number of aromatic amines is 1. The van der Waals surface area contributed by atoms with Crippen molar-refractivity contribution in [2.75, 3.05) is 13.7 Å². The van der Waals surface area contributed by atoms with E-state index in [1.165, 1.54) is 6.07 Å². The van der Waals surface area contributed by atoms with Crippen LogP contribution in [0.1, 0.15) is 17.7 Å². The summed E-state index contributed by atoms with van der Waals surface area (Å²) in [6, 6.07) is 7.04. The molecule has 3 nitrogen and oxygen atoms in total. The predicted octanol–water partition coefficient (Wildman–Crippen LogP) is 3.10. The summed E-state index contributed by atoms with van der Waals surface area (Å²) in [5.74, 6) is -0.186. The number of ether oxygens (including phenoxy) is 1. The second kappa shape index (κ2) is 5.78. The van der Waals surface area contributed by atoms with E-state index in [1.807, 2.05) is 12.1 Å². The van der Waals surface area contributed by atoms with Gasteiger partial charge in [-0.15, -0.1) is 0 Å². The highest BCUT2D eigenvalue weighted by molar-refractivity contribution is 5.60. The molecule has 0 fully saturated rings. The van der Waals surface area contributed by atoms with E-state index in [9.17, 15) is 4.39 Å². The molecule has 1 heterocycles. The molecule has 4 heteroatoms. The minimum Gasteiger partial charge on any atom is -0.385 e. The van der Waals surface area contributed by atoms with Crippen LogP contribution in [0.5, 0.6) is 0 Å². The zero-order valence-electron chi connectivity index (χ0n) is 10.7. The molecule has 0 bridgehead atoms. The Labute approximate surface area is 106 Å². The second-order valence-electron chi connectivity index (χ2n) is 4.34. The molecule has 0 radical (unpaired) electrons. The number of H-pyrrole nitrogens is 1. The van der Waals surface area contributed by atoms with E-state index in [2.05, 4.69) is 10.2 Å². The van der Waals surface area contributed by atoms with Gasteiger partial charge in [0, 0.05) is 25.0 Å². The molecule has 0 atom stereocenters. The van der Waals surface area contributed by atoms with Gasteiger partial charge in [0.05, 0.1) is 5.69 Å². The van der Waals surface area contributed by atoms with Crippen LogP contribution in [0.15, 0.2) is 24.3 Å². The fourth-order valence-electron chi connectivity index (χ4n) is 1.85. The summed E-state index contributed by atoms with van der Waals surface area (Å²) >= 11 is 0. The summed E-state index contributed by atoms with van der Waals surface area (Å²) < 4.78 is 18.2. The first-order chi connectivity index (χ1) is 8.70. The largest absolute Gasteiger partial charge is 0.385 e. The molecule has 0 unspecified atom stereocenters. The Morgan fingerprint density at radius 2 is 2.17 bits per heavy atom. The molecule has 0 spiro atoms. The smallest absolute Gasteiger partial charge is 0.126 e. The van der Waals surface area contributed by atoms with Crippen molar-refractivity contribution in [3.63, 3.8) is 0 Å². The van der Waals surface area contributed by atoms with Gasteiger partial charge in [-0.25, -0.2) is 4.39 Å². The SMILES string of the molecule is COCCCc1cc(-c2ccc(F)c(C)c2)n[nH]1. The minimum atomic E-state index is -0.186. The highest BCUT2D eigenvalue weighted by Gasteiger charge is 2.06. The lowest BCUT2D eigenvalue weighted by atomic mass is 10.1. The number of nitrogens with zero attached hydrogens (tertiary/aromatic N) is 1. The third kappa shape index (κ3) is 2.96. The van der Waals surface area contributed by atoms with Gasteiger partial charge >= 0.3 is 0 Å². The number of nitrogens with one attached hydrogen (secondary N) is 1. The number of aromatic nitrogens is 2. The lowest BCUT2D eigenvalue weighted by Crippen LogP contribution is -1.92. The molecule has 18 heavy (non-hydrogen) atoms. The molecule has 0 aliphatic rings. The topological polar surface area (TPSA) is 37.9 Å².